The SMILES string of the molecule is C/C(=N\C#N)C(C)(C)C. The summed E-state index contributed by atoms with van der Waals surface area (Å²) in [7, 11) is 0. The minimum absolute atomic E-state index is 0.0374. The zero-order chi connectivity index (χ0) is 7.49. The largest absolute Gasteiger partial charge is 0.205 e. The summed E-state index contributed by atoms with van der Waals surface area (Å²) in [4.78, 5) is 3.62. The van der Waals surface area contributed by atoms with Crippen molar-refractivity contribution < 1.29 is 0 Å². The van der Waals surface area contributed by atoms with Gasteiger partial charge in [-0.3, -0.25) is 0 Å². The molecule has 0 aliphatic carbocycles. The third-order valence-corrected chi connectivity index (χ3v) is 1.30. The van der Waals surface area contributed by atoms with Crippen LogP contribution >= 0.6 is 0 Å². The van der Waals surface area contributed by atoms with Gasteiger partial charge in [-0.2, -0.15) is 10.3 Å². The standard InChI is InChI=1S/C7H12N2/c1-6(9-5-8)7(2,3)4/h1-4H3/b9-6+. The summed E-state index contributed by atoms with van der Waals surface area (Å²) in [6, 6.07) is 0. The molecule has 0 aromatic carbocycles. The average Bonchev–Trinajstić information content (AvgIpc) is 1.64. The molecule has 0 rings (SSSR count). The summed E-state index contributed by atoms with van der Waals surface area (Å²) in [6.07, 6.45) is 1.76. The van der Waals surface area contributed by atoms with Crippen molar-refractivity contribution in [2.75, 3.05) is 0 Å². The van der Waals surface area contributed by atoms with Gasteiger partial charge in [0.2, 0.25) is 6.19 Å². The van der Waals surface area contributed by atoms with Gasteiger partial charge in [-0.25, -0.2) is 0 Å². The van der Waals surface area contributed by atoms with Crippen molar-refractivity contribution in [2.45, 2.75) is 27.7 Å². The Balaban J connectivity index is 4.25. The molecular formula is C7H12N2. The molecule has 0 heterocycles. The molecule has 9 heavy (non-hydrogen) atoms. The maximum Gasteiger partial charge on any atom is 0.205 e. The van der Waals surface area contributed by atoms with E-state index in [1.165, 1.54) is 0 Å². The molecule has 0 saturated heterocycles. The molecule has 0 fully saturated rings. The normalized spacial score (nSPS) is 13.0. The van der Waals surface area contributed by atoms with E-state index in [9.17, 15) is 0 Å². The quantitative estimate of drug-likeness (QED) is 0.359. The molecule has 0 amide bonds. The minimum atomic E-state index is 0.0374. The van der Waals surface area contributed by atoms with Crippen molar-refractivity contribution >= 4 is 5.71 Å². The van der Waals surface area contributed by atoms with Crippen molar-refractivity contribution in [3.63, 3.8) is 0 Å². The van der Waals surface area contributed by atoms with Gasteiger partial charge in [0.1, 0.15) is 0 Å². The van der Waals surface area contributed by atoms with Gasteiger partial charge in [-0.15, -0.1) is 0 Å². The Bertz CT molecular complexity index is 155. The van der Waals surface area contributed by atoms with Crippen LogP contribution in [0.25, 0.3) is 0 Å². The van der Waals surface area contributed by atoms with Gasteiger partial charge in [0, 0.05) is 11.1 Å². The highest BCUT2D eigenvalue weighted by atomic mass is 14.7. The van der Waals surface area contributed by atoms with E-state index in [0.717, 1.165) is 5.71 Å². The number of rotatable bonds is 0. The lowest BCUT2D eigenvalue weighted by Crippen LogP contribution is -2.16. The van der Waals surface area contributed by atoms with Crippen molar-refractivity contribution in [3.05, 3.63) is 0 Å². The molecule has 2 heteroatoms. The third-order valence-electron chi connectivity index (χ3n) is 1.30. The van der Waals surface area contributed by atoms with E-state index >= 15 is 0 Å². The van der Waals surface area contributed by atoms with Crippen LogP contribution in [0.4, 0.5) is 0 Å². The molecule has 0 aromatic rings. The molecule has 0 radical (unpaired) electrons. The van der Waals surface area contributed by atoms with Gasteiger partial charge >= 0.3 is 0 Å². The first kappa shape index (κ1) is 8.16. The van der Waals surface area contributed by atoms with Crippen molar-refractivity contribution in [2.24, 2.45) is 10.4 Å². The summed E-state index contributed by atoms with van der Waals surface area (Å²) < 4.78 is 0. The molecule has 50 valence electrons. The van der Waals surface area contributed by atoms with Gasteiger partial charge < -0.3 is 0 Å². The fourth-order valence-electron chi connectivity index (χ4n) is 0.243. The Labute approximate surface area is 56.2 Å². The van der Waals surface area contributed by atoms with Crippen LogP contribution in [0.3, 0.4) is 0 Å². The van der Waals surface area contributed by atoms with Crippen molar-refractivity contribution in [1.82, 2.24) is 0 Å². The molecule has 0 atom stereocenters. The molecule has 0 aliphatic rings. The predicted octanol–water partition coefficient (Wildman–Crippen LogP) is 1.97. The molecular weight excluding hydrogens is 112 g/mol. The average molecular weight is 124 g/mol. The van der Waals surface area contributed by atoms with Crippen LogP contribution in [0, 0.1) is 16.9 Å². The second kappa shape index (κ2) is 2.63. The number of aliphatic imine (C=N–C) groups is 1. The monoisotopic (exact) mass is 124 g/mol. The summed E-state index contributed by atoms with van der Waals surface area (Å²) >= 11 is 0. The highest BCUT2D eigenvalue weighted by Crippen LogP contribution is 2.14. The maximum absolute atomic E-state index is 8.16. The molecule has 0 aliphatic heterocycles. The summed E-state index contributed by atoms with van der Waals surface area (Å²) in [6.45, 7) is 7.96. The zero-order valence-electron chi connectivity index (χ0n) is 6.39. The number of nitrogens with zero attached hydrogens (tertiary/aromatic N) is 2. The first-order chi connectivity index (χ1) is 3.98. The van der Waals surface area contributed by atoms with Crippen molar-refractivity contribution in [1.29, 1.82) is 5.26 Å². The van der Waals surface area contributed by atoms with Crippen LogP contribution in [-0.2, 0) is 0 Å². The highest BCUT2D eigenvalue weighted by molar-refractivity contribution is 5.87. The summed E-state index contributed by atoms with van der Waals surface area (Å²) in [5.41, 5.74) is 0.917. The molecule has 0 spiro atoms. The number of hydrogen-bond donors (Lipinski definition) is 0. The van der Waals surface area contributed by atoms with Crippen LogP contribution in [0.2, 0.25) is 0 Å². The first-order valence-corrected chi connectivity index (χ1v) is 2.92. The van der Waals surface area contributed by atoms with Gasteiger partial charge in [-0.1, -0.05) is 20.8 Å². The molecule has 0 bridgehead atoms. The Kier molecular flexibility index (Phi) is 2.39. The molecule has 0 unspecified atom stereocenters. The second-order valence-electron chi connectivity index (χ2n) is 3.05. The molecule has 0 N–H and O–H groups in total. The Hall–Kier alpha value is -0.840. The lowest BCUT2D eigenvalue weighted by Gasteiger charge is -2.15. The van der Waals surface area contributed by atoms with E-state index in [1.807, 2.05) is 27.7 Å². The molecule has 0 aromatic heterocycles. The Morgan fingerprint density at radius 2 is 1.89 bits per heavy atom. The van der Waals surface area contributed by atoms with E-state index in [2.05, 4.69) is 4.99 Å². The van der Waals surface area contributed by atoms with Crippen LogP contribution in [0.5, 0.6) is 0 Å². The predicted molar refractivity (Wildman–Crippen MR) is 38.2 cm³/mol. The molecule has 2 nitrogen and oxygen atoms in total. The second-order valence-corrected chi connectivity index (χ2v) is 3.05. The summed E-state index contributed by atoms with van der Waals surface area (Å²) in [5.74, 6) is 0. The fraction of sp³-hybridized carbons (Fsp3) is 0.714. The first-order valence-electron chi connectivity index (χ1n) is 2.92. The van der Waals surface area contributed by atoms with E-state index in [4.69, 9.17) is 5.26 Å². The molecule has 0 saturated carbocycles. The van der Waals surface area contributed by atoms with Crippen LogP contribution in [0.1, 0.15) is 27.7 Å². The topological polar surface area (TPSA) is 36.1 Å². The number of nitriles is 1. The smallest absolute Gasteiger partial charge is 0.182 e. The zero-order valence-corrected chi connectivity index (χ0v) is 6.39. The third kappa shape index (κ3) is 2.86. The van der Waals surface area contributed by atoms with Crippen LogP contribution < -0.4 is 0 Å². The van der Waals surface area contributed by atoms with Gasteiger partial charge in [0.25, 0.3) is 0 Å². The minimum Gasteiger partial charge on any atom is -0.182 e. The van der Waals surface area contributed by atoms with Crippen molar-refractivity contribution in [3.8, 4) is 6.19 Å². The fourth-order valence-corrected chi connectivity index (χ4v) is 0.243. The van der Waals surface area contributed by atoms with E-state index in [0.29, 0.717) is 0 Å². The van der Waals surface area contributed by atoms with Gasteiger partial charge in [-0.05, 0) is 6.92 Å². The lowest BCUT2D eigenvalue weighted by molar-refractivity contribution is 0.588. The Morgan fingerprint density at radius 1 is 1.44 bits per heavy atom. The van der Waals surface area contributed by atoms with E-state index in [-0.39, 0.29) is 5.41 Å². The lowest BCUT2D eigenvalue weighted by atomic mass is 9.91. The maximum atomic E-state index is 8.16. The van der Waals surface area contributed by atoms with Crippen LogP contribution in [-0.4, -0.2) is 5.71 Å². The van der Waals surface area contributed by atoms with E-state index in [1.54, 1.807) is 6.19 Å². The van der Waals surface area contributed by atoms with E-state index < -0.39 is 0 Å². The number of hydrogen-bond acceptors (Lipinski definition) is 2. The summed E-state index contributed by atoms with van der Waals surface area (Å²) in [5, 5.41) is 8.16. The van der Waals surface area contributed by atoms with Gasteiger partial charge in [0.15, 0.2) is 0 Å². The highest BCUT2D eigenvalue weighted by Gasteiger charge is 2.13. The Morgan fingerprint density at radius 3 is 2.00 bits per heavy atom. The van der Waals surface area contributed by atoms with Crippen LogP contribution in [0.15, 0.2) is 4.99 Å². The van der Waals surface area contributed by atoms with Gasteiger partial charge in [0.05, 0.1) is 0 Å².